The van der Waals surface area contributed by atoms with Gasteiger partial charge in [0.2, 0.25) is 11.7 Å². The highest BCUT2D eigenvalue weighted by Crippen LogP contribution is 2.39. The summed E-state index contributed by atoms with van der Waals surface area (Å²) in [5.74, 6) is 1.24. The highest BCUT2D eigenvalue weighted by atomic mass is 35.5. The lowest BCUT2D eigenvalue weighted by molar-refractivity contribution is -0.137. The molecule has 0 unspecified atom stereocenters. The molecule has 0 atom stereocenters. The zero-order valence-corrected chi connectivity index (χ0v) is 17.3. The molecule has 160 valence electrons. The number of hydrogen-bond donors (Lipinski definition) is 3. The summed E-state index contributed by atoms with van der Waals surface area (Å²) in [5.41, 5.74) is 13.1. The van der Waals surface area contributed by atoms with E-state index >= 15 is 0 Å². The summed E-state index contributed by atoms with van der Waals surface area (Å²) in [6.45, 7) is 0.440. The summed E-state index contributed by atoms with van der Waals surface area (Å²) < 4.78 is 16.7. The number of carboxylic acid groups (broad SMARTS) is 1. The van der Waals surface area contributed by atoms with Crippen molar-refractivity contribution in [1.82, 2.24) is 9.97 Å². The van der Waals surface area contributed by atoms with E-state index in [1.54, 1.807) is 20.4 Å². The molecule has 0 saturated heterocycles. The number of nitrogens with two attached hydrogens (primary N) is 2. The van der Waals surface area contributed by atoms with Crippen LogP contribution in [0.4, 0.5) is 11.8 Å². The minimum atomic E-state index is -0.786. The van der Waals surface area contributed by atoms with E-state index in [0.717, 1.165) is 24.0 Å². The molecule has 0 aliphatic rings. The number of ether oxygens (including phenoxy) is 3. The minimum Gasteiger partial charge on any atom is -0.493 e. The Morgan fingerprint density at radius 3 is 2.45 bits per heavy atom. The smallest absolute Gasteiger partial charge is 0.303 e. The lowest BCUT2D eigenvalue weighted by Crippen LogP contribution is -2.05. The third kappa shape index (κ3) is 7.19. The summed E-state index contributed by atoms with van der Waals surface area (Å²) in [7, 11) is 3.10. The van der Waals surface area contributed by atoms with Crippen LogP contribution in [0.5, 0.6) is 17.2 Å². The predicted molar refractivity (Wildman–Crippen MR) is 112 cm³/mol. The molecule has 1 aromatic heterocycles. The molecule has 29 heavy (non-hydrogen) atoms. The van der Waals surface area contributed by atoms with E-state index in [2.05, 4.69) is 9.97 Å². The van der Waals surface area contributed by atoms with Crippen LogP contribution >= 0.6 is 12.4 Å². The fourth-order valence-corrected chi connectivity index (χ4v) is 2.72. The highest BCUT2D eigenvalue weighted by Gasteiger charge is 2.15. The first-order chi connectivity index (χ1) is 13.4. The van der Waals surface area contributed by atoms with Crippen LogP contribution in [0, 0.1) is 0 Å². The van der Waals surface area contributed by atoms with Crippen molar-refractivity contribution in [2.45, 2.75) is 32.1 Å². The van der Waals surface area contributed by atoms with E-state index in [9.17, 15) is 4.79 Å². The zero-order chi connectivity index (χ0) is 20.5. The Hall–Kier alpha value is -2.94. The van der Waals surface area contributed by atoms with E-state index in [0.29, 0.717) is 42.5 Å². The first kappa shape index (κ1) is 24.1. The van der Waals surface area contributed by atoms with Gasteiger partial charge in [-0.2, -0.15) is 4.98 Å². The van der Waals surface area contributed by atoms with Gasteiger partial charge in [-0.1, -0.05) is 0 Å². The van der Waals surface area contributed by atoms with Crippen molar-refractivity contribution < 1.29 is 24.1 Å². The van der Waals surface area contributed by atoms with Gasteiger partial charge in [0.1, 0.15) is 5.82 Å². The average molecular weight is 427 g/mol. The Kier molecular flexibility index (Phi) is 9.81. The van der Waals surface area contributed by atoms with Crippen molar-refractivity contribution in [3.05, 3.63) is 29.5 Å². The second kappa shape index (κ2) is 11.8. The predicted octanol–water partition coefficient (Wildman–Crippen LogP) is 2.69. The van der Waals surface area contributed by atoms with Crippen LogP contribution in [0.2, 0.25) is 0 Å². The van der Waals surface area contributed by atoms with Crippen molar-refractivity contribution in [3.63, 3.8) is 0 Å². The minimum absolute atomic E-state index is 0. The first-order valence-corrected chi connectivity index (χ1v) is 8.91. The van der Waals surface area contributed by atoms with Gasteiger partial charge in [-0.15, -0.1) is 12.4 Å². The van der Waals surface area contributed by atoms with Crippen LogP contribution in [0.25, 0.3) is 0 Å². The molecule has 2 aromatic rings. The van der Waals surface area contributed by atoms with Crippen LogP contribution in [0.15, 0.2) is 18.3 Å². The van der Waals surface area contributed by atoms with Crippen molar-refractivity contribution >= 4 is 30.1 Å². The summed E-state index contributed by atoms with van der Waals surface area (Å²) in [4.78, 5) is 18.5. The second-order valence-corrected chi connectivity index (χ2v) is 6.20. The maximum atomic E-state index is 10.6. The number of halogens is 1. The lowest BCUT2D eigenvalue weighted by atomic mass is 10.1. The number of nitrogen functional groups attached to an aromatic ring is 2. The molecule has 0 radical (unpaired) electrons. The quantitative estimate of drug-likeness (QED) is 0.462. The van der Waals surface area contributed by atoms with Gasteiger partial charge in [-0.05, 0) is 37.0 Å². The molecule has 0 aliphatic carbocycles. The number of rotatable bonds is 11. The van der Waals surface area contributed by atoms with Gasteiger partial charge in [0.25, 0.3) is 0 Å². The molecule has 1 aromatic carbocycles. The number of unbranched alkanes of at least 4 members (excludes halogenated alkanes) is 2. The number of aliphatic carboxylic acids is 1. The number of nitrogens with zero attached hydrogens (tertiary/aromatic N) is 2. The van der Waals surface area contributed by atoms with Crippen molar-refractivity contribution in [3.8, 4) is 17.2 Å². The van der Waals surface area contributed by atoms with Crippen LogP contribution < -0.4 is 25.7 Å². The molecule has 0 saturated carbocycles. The van der Waals surface area contributed by atoms with E-state index < -0.39 is 5.97 Å². The van der Waals surface area contributed by atoms with Gasteiger partial charge in [-0.3, -0.25) is 4.79 Å². The molecule has 0 amide bonds. The highest BCUT2D eigenvalue weighted by molar-refractivity contribution is 5.85. The first-order valence-electron chi connectivity index (χ1n) is 8.91. The normalized spacial score (nSPS) is 10.1. The summed E-state index contributed by atoms with van der Waals surface area (Å²) in [6.07, 6.45) is 4.36. The van der Waals surface area contributed by atoms with Crippen LogP contribution in [-0.2, 0) is 11.2 Å². The SMILES string of the molecule is COc1cc(Cc2cnc(N)nc2N)cc(OCCCCCC(=O)O)c1OC.Cl. The van der Waals surface area contributed by atoms with Crippen molar-refractivity contribution in [2.75, 3.05) is 32.3 Å². The Bertz CT molecular complexity index is 819. The number of carbonyl (C=O) groups is 1. The Morgan fingerprint density at radius 2 is 1.83 bits per heavy atom. The van der Waals surface area contributed by atoms with E-state index in [1.807, 2.05) is 12.1 Å². The summed E-state index contributed by atoms with van der Waals surface area (Å²) >= 11 is 0. The fraction of sp³-hybridized carbons (Fsp3) is 0.421. The maximum absolute atomic E-state index is 10.6. The molecule has 9 nitrogen and oxygen atoms in total. The number of hydrogen-bond acceptors (Lipinski definition) is 8. The van der Waals surface area contributed by atoms with Crippen LogP contribution in [0.1, 0.15) is 36.8 Å². The standard InChI is InChI=1S/C19H26N4O5.ClH/c1-26-14-9-12(8-13-11-22-19(21)23-18(13)20)10-15(17(14)27-2)28-7-5-3-4-6-16(24)25;/h9-11H,3-8H2,1-2H3,(H,24,25)(H4,20,21,22,23);1H. The van der Waals surface area contributed by atoms with E-state index in [4.69, 9.17) is 30.8 Å². The van der Waals surface area contributed by atoms with Crippen molar-refractivity contribution in [1.29, 1.82) is 0 Å². The molecular weight excluding hydrogens is 400 g/mol. The monoisotopic (exact) mass is 426 g/mol. The van der Waals surface area contributed by atoms with Crippen molar-refractivity contribution in [2.24, 2.45) is 0 Å². The Labute approximate surface area is 175 Å². The number of anilines is 2. The zero-order valence-electron chi connectivity index (χ0n) is 16.5. The molecule has 10 heteroatoms. The molecule has 0 bridgehead atoms. The van der Waals surface area contributed by atoms with Gasteiger partial charge >= 0.3 is 5.97 Å². The van der Waals surface area contributed by atoms with E-state index in [1.165, 1.54) is 0 Å². The molecule has 1 heterocycles. The number of carboxylic acids is 1. The van der Waals surface area contributed by atoms with Gasteiger partial charge in [0.05, 0.1) is 20.8 Å². The molecule has 0 fully saturated rings. The number of methoxy groups -OCH3 is 2. The molecule has 5 N–H and O–H groups in total. The largest absolute Gasteiger partial charge is 0.493 e. The third-order valence-corrected chi connectivity index (χ3v) is 4.11. The summed E-state index contributed by atoms with van der Waals surface area (Å²) in [5, 5.41) is 8.67. The number of benzene rings is 1. The van der Waals surface area contributed by atoms with Gasteiger partial charge in [0.15, 0.2) is 11.5 Å². The molecule has 0 spiro atoms. The second-order valence-electron chi connectivity index (χ2n) is 6.20. The van der Waals surface area contributed by atoms with Crippen LogP contribution in [0.3, 0.4) is 0 Å². The maximum Gasteiger partial charge on any atom is 0.303 e. The van der Waals surface area contributed by atoms with Crippen LogP contribution in [-0.4, -0.2) is 41.9 Å². The average Bonchev–Trinajstić information content (AvgIpc) is 2.66. The van der Waals surface area contributed by atoms with Gasteiger partial charge < -0.3 is 30.8 Å². The summed E-state index contributed by atoms with van der Waals surface area (Å²) in [6, 6.07) is 3.70. The molecule has 2 rings (SSSR count). The lowest BCUT2D eigenvalue weighted by Gasteiger charge is -2.16. The van der Waals surface area contributed by atoms with Gasteiger partial charge in [-0.25, -0.2) is 4.98 Å². The topological polar surface area (TPSA) is 143 Å². The fourth-order valence-electron chi connectivity index (χ4n) is 2.72. The van der Waals surface area contributed by atoms with E-state index in [-0.39, 0.29) is 24.8 Å². The third-order valence-electron chi connectivity index (χ3n) is 4.11. The van der Waals surface area contributed by atoms with Gasteiger partial charge in [0, 0.05) is 24.6 Å². The molecular formula is C19H27ClN4O5. The number of aromatic nitrogens is 2. The Balaban J connectivity index is 0.00000420. The Morgan fingerprint density at radius 1 is 1.10 bits per heavy atom. The molecule has 0 aliphatic heterocycles.